The largest absolute Gasteiger partial charge is 0.497 e. The zero-order valence-corrected chi connectivity index (χ0v) is 15.9. The number of carbonyl (C=O) groups is 1. The van der Waals surface area contributed by atoms with Crippen LogP contribution in [0.25, 0.3) is 0 Å². The van der Waals surface area contributed by atoms with E-state index < -0.39 is 22.0 Å². The Kier molecular flexibility index (Phi) is 6.76. The normalized spacial score (nSPS) is 12.4. The van der Waals surface area contributed by atoms with Crippen LogP contribution in [0, 0.1) is 6.92 Å². The Hall–Kier alpha value is -2.38. The summed E-state index contributed by atoms with van der Waals surface area (Å²) in [6.07, 6.45) is -0.0910. The molecular weight excluding hydrogens is 354 g/mol. The standard InChI is InChI=1S/C19H23NO5S/c1-4-25-19(21)13-18(15-7-5-14(2)6-8-15)20-26(22,23)17-11-9-16(24-3)10-12-17/h5-12,18,20H,4,13H2,1-3H3/t18-/m1/s1. The molecule has 0 aliphatic rings. The van der Waals surface area contributed by atoms with Crippen LogP contribution in [0.5, 0.6) is 5.75 Å². The van der Waals surface area contributed by atoms with Crippen LogP contribution in [-0.4, -0.2) is 28.1 Å². The maximum Gasteiger partial charge on any atom is 0.307 e. The number of methoxy groups -OCH3 is 1. The van der Waals surface area contributed by atoms with Gasteiger partial charge in [-0.3, -0.25) is 4.79 Å². The smallest absolute Gasteiger partial charge is 0.307 e. The Labute approximate surface area is 154 Å². The summed E-state index contributed by atoms with van der Waals surface area (Å²) in [7, 11) is -2.31. The quantitative estimate of drug-likeness (QED) is 0.715. The van der Waals surface area contributed by atoms with Gasteiger partial charge in [-0.25, -0.2) is 13.1 Å². The highest BCUT2D eigenvalue weighted by atomic mass is 32.2. The molecule has 0 aliphatic heterocycles. The molecule has 0 bridgehead atoms. The first-order chi connectivity index (χ1) is 12.4. The van der Waals surface area contributed by atoms with E-state index in [1.807, 2.05) is 19.1 Å². The topological polar surface area (TPSA) is 81.7 Å². The van der Waals surface area contributed by atoms with Crippen molar-refractivity contribution in [1.82, 2.24) is 4.72 Å². The van der Waals surface area contributed by atoms with Gasteiger partial charge in [0.1, 0.15) is 5.75 Å². The number of aryl methyl sites for hydroxylation is 1. The Morgan fingerprint density at radius 1 is 1.08 bits per heavy atom. The molecule has 2 rings (SSSR count). The minimum Gasteiger partial charge on any atom is -0.497 e. The number of hydrogen-bond donors (Lipinski definition) is 1. The molecule has 7 heteroatoms. The molecule has 0 spiro atoms. The molecule has 26 heavy (non-hydrogen) atoms. The minimum absolute atomic E-state index is 0.0910. The lowest BCUT2D eigenvalue weighted by molar-refractivity contribution is -0.143. The highest BCUT2D eigenvalue weighted by Crippen LogP contribution is 2.23. The molecule has 0 aliphatic carbocycles. The van der Waals surface area contributed by atoms with Gasteiger partial charge in [-0.05, 0) is 43.7 Å². The van der Waals surface area contributed by atoms with Gasteiger partial charge in [0.15, 0.2) is 0 Å². The fourth-order valence-electron chi connectivity index (χ4n) is 2.42. The van der Waals surface area contributed by atoms with Gasteiger partial charge in [-0.15, -0.1) is 0 Å². The Bertz CT molecular complexity index is 829. The molecule has 140 valence electrons. The van der Waals surface area contributed by atoms with Gasteiger partial charge in [0.25, 0.3) is 0 Å². The molecule has 0 aromatic heterocycles. The molecule has 0 radical (unpaired) electrons. The van der Waals surface area contributed by atoms with Crippen LogP contribution in [0.15, 0.2) is 53.4 Å². The third kappa shape index (κ3) is 5.31. The average Bonchev–Trinajstić information content (AvgIpc) is 2.62. The SMILES string of the molecule is CCOC(=O)C[C@@H](NS(=O)(=O)c1ccc(OC)cc1)c1ccc(C)cc1. The van der Waals surface area contributed by atoms with Gasteiger partial charge in [-0.1, -0.05) is 29.8 Å². The van der Waals surface area contributed by atoms with Crippen molar-refractivity contribution >= 4 is 16.0 Å². The van der Waals surface area contributed by atoms with Crippen molar-refractivity contribution in [3.8, 4) is 5.75 Å². The van der Waals surface area contributed by atoms with Gasteiger partial charge >= 0.3 is 5.97 Å². The second-order valence-electron chi connectivity index (χ2n) is 5.77. The number of nitrogens with one attached hydrogen (secondary N) is 1. The number of benzene rings is 2. The van der Waals surface area contributed by atoms with Crippen LogP contribution in [0.1, 0.15) is 30.5 Å². The van der Waals surface area contributed by atoms with E-state index in [9.17, 15) is 13.2 Å². The van der Waals surface area contributed by atoms with Gasteiger partial charge in [-0.2, -0.15) is 0 Å². The summed E-state index contributed by atoms with van der Waals surface area (Å²) in [4.78, 5) is 12.0. The Morgan fingerprint density at radius 3 is 2.23 bits per heavy atom. The third-order valence-corrected chi connectivity index (χ3v) is 5.31. The Balaban J connectivity index is 2.28. The van der Waals surface area contributed by atoms with E-state index in [4.69, 9.17) is 9.47 Å². The lowest BCUT2D eigenvalue weighted by atomic mass is 10.0. The summed E-state index contributed by atoms with van der Waals surface area (Å²) in [6.45, 7) is 3.89. The van der Waals surface area contributed by atoms with Crippen molar-refractivity contribution in [2.45, 2.75) is 31.2 Å². The first kappa shape index (κ1) is 19.9. The van der Waals surface area contributed by atoms with E-state index in [-0.39, 0.29) is 17.9 Å². The third-order valence-electron chi connectivity index (χ3n) is 3.82. The van der Waals surface area contributed by atoms with Crippen molar-refractivity contribution in [2.75, 3.05) is 13.7 Å². The molecule has 0 saturated carbocycles. The zero-order valence-electron chi connectivity index (χ0n) is 15.1. The van der Waals surface area contributed by atoms with Crippen LogP contribution in [0.2, 0.25) is 0 Å². The van der Waals surface area contributed by atoms with E-state index >= 15 is 0 Å². The second kappa shape index (κ2) is 8.82. The van der Waals surface area contributed by atoms with Crippen LogP contribution >= 0.6 is 0 Å². The zero-order chi connectivity index (χ0) is 19.2. The molecule has 1 atom stereocenters. The van der Waals surface area contributed by atoms with E-state index in [2.05, 4.69) is 4.72 Å². The lowest BCUT2D eigenvalue weighted by Gasteiger charge is -2.19. The number of carbonyl (C=O) groups excluding carboxylic acids is 1. The average molecular weight is 377 g/mol. The molecule has 0 saturated heterocycles. The molecule has 1 N–H and O–H groups in total. The van der Waals surface area contributed by atoms with Crippen molar-refractivity contribution in [1.29, 1.82) is 0 Å². The molecular formula is C19H23NO5S. The van der Waals surface area contributed by atoms with E-state index in [1.54, 1.807) is 31.2 Å². The van der Waals surface area contributed by atoms with Gasteiger partial charge in [0, 0.05) is 0 Å². The molecule has 0 heterocycles. The van der Waals surface area contributed by atoms with Crippen molar-refractivity contribution < 1.29 is 22.7 Å². The maximum atomic E-state index is 12.7. The number of ether oxygens (including phenoxy) is 2. The van der Waals surface area contributed by atoms with Gasteiger partial charge in [0.05, 0.1) is 31.1 Å². The van der Waals surface area contributed by atoms with E-state index in [0.717, 1.165) is 5.56 Å². The van der Waals surface area contributed by atoms with E-state index in [0.29, 0.717) is 11.3 Å². The van der Waals surface area contributed by atoms with Gasteiger partial charge in [0.2, 0.25) is 10.0 Å². The number of rotatable bonds is 8. The number of sulfonamides is 1. The molecule has 0 fully saturated rings. The fraction of sp³-hybridized carbons (Fsp3) is 0.316. The lowest BCUT2D eigenvalue weighted by Crippen LogP contribution is -2.30. The predicted molar refractivity (Wildman–Crippen MR) is 98.5 cm³/mol. The summed E-state index contributed by atoms with van der Waals surface area (Å²) >= 11 is 0. The Morgan fingerprint density at radius 2 is 1.69 bits per heavy atom. The van der Waals surface area contributed by atoms with Crippen LogP contribution in [0.4, 0.5) is 0 Å². The summed E-state index contributed by atoms with van der Waals surface area (Å²) in [5.41, 5.74) is 1.74. The van der Waals surface area contributed by atoms with Crippen molar-refractivity contribution in [2.24, 2.45) is 0 Å². The number of hydrogen-bond acceptors (Lipinski definition) is 5. The second-order valence-corrected chi connectivity index (χ2v) is 7.48. The molecule has 0 amide bonds. The monoisotopic (exact) mass is 377 g/mol. The molecule has 2 aromatic rings. The highest BCUT2D eigenvalue weighted by molar-refractivity contribution is 7.89. The van der Waals surface area contributed by atoms with Crippen LogP contribution in [0.3, 0.4) is 0 Å². The maximum absolute atomic E-state index is 12.7. The molecule has 6 nitrogen and oxygen atoms in total. The van der Waals surface area contributed by atoms with Crippen molar-refractivity contribution in [3.05, 3.63) is 59.7 Å². The first-order valence-electron chi connectivity index (χ1n) is 8.24. The molecule has 2 aromatic carbocycles. The fourth-order valence-corrected chi connectivity index (χ4v) is 3.65. The van der Waals surface area contributed by atoms with Gasteiger partial charge < -0.3 is 9.47 Å². The first-order valence-corrected chi connectivity index (χ1v) is 9.72. The summed E-state index contributed by atoms with van der Waals surface area (Å²) < 4.78 is 38.1. The van der Waals surface area contributed by atoms with Crippen LogP contribution in [-0.2, 0) is 19.6 Å². The van der Waals surface area contributed by atoms with E-state index in [1.165, 1.54) is 19.2 Å². The van der Waals surface area contributed by atoms with Crippen molar-refractivity contribution in [3.63, 3.8) is 0 Å². The number of esters is 1. The van der Waals surface area contributed by atoms with Crippen LogP contribution < -0.4 is 9.46 Å². The summed E-state index contributed by atoms with van der Waals surface area (Å²) in [5, 5.41) is 0. The predicted octanol–water partition coefficient (Wildman–Crippen LogP) is 2.98. The highest BCUT2D eigenvalue weighted by Gasteiger charge is 2.24. The molecule has 0 unspecified atom stereocenters. The summed E-state index contributed by atoms with van der Waals surface area (Å²) in [5.74, 6) is 0.0982. The summed E-state index contributed by atoms with van der Waals surface area (Å²) in [6, 6.07) is 12.7. The minimum atomic E-state index is -3.82.